The molecule has 0 aromatic carbocycles. The molecule has 0 saturated carbocycles. The predicted molar refractivity (Wildman–Crippen MR) is 44.0 cm³/mol. The molecule has 0 amide bonds. The van der Waals surface area contributed by atoms with E-state index < -0.39 is 18.1 Å². The zero-order valence-corrected chi connectivity index (χ0v) is 7.43. The van der Waals surface area contributed by atoms with Crippen molar-refractivity contribution in [2.24, 2.45) is 0 Å². The van der Waals surface area contributed by atoms with Gasteiger partial charge >= 0.3 is 5.97 Å². The van der Waals surface area contributed by atoms with Crippen molar-refractivity contribution < 1.29 is 14.6 Å². The van der Waals surface area contributed by atoms with Crippen LogP contribution in [0.5, 0.6) is 0 Å². The zero-order valence-electron chi connectivity index (χ0n) is 7.43. The van der Waals surface area contributed by atoms with E-state index in [1.165, 1.54) is 0 Å². The molecule has 1 N–H and O–H groups in total. The highest BCUT2D eigenvalue weighted by Crippen LogP contribution is 2.08. The van der Waals surface area contributed by atoms with E-state index >= 15 is 0 Å². The number of carboxylic acids is 1. The second-order valence-corrected chi connectivity index (χ2v) is 3.00. The number of aliphatic carboxylic acids is 1. The van der Waals surface area contributed by atoms with Crippen LogP contribution in [0, 0.1) is 11.3 Å². The maximum Gasteiger partial charge on any atom is 0.320 e. The predicted octanol–water partition coefficient (Wildman–Crippen LogP) is -0.316. The summed E-state index contributed by atoms with van der Waals surface area (Å²) in [6, 6.07) is 1.43. The number of hydrogen-bond acceptors (Lipinski definition) is 4. The molecule has 0 bridgehead atoms. The van der Waals surface area contributed by atoms with Crippen molar-refractivity contribution in [2.75, 3.05) is 19.7 Å². The number of nitrogens with zero attached hydrogens (tertiary/aromatic N) is 2. The van der Waals surface area contributed by atoms with Crippen molar-refractivity contribution >= 4 is 5.97 Å². The molecule has 0 aromatic rings. The summed E-state index contributed by atoms with van der Waals surface area (Å²) in [4.78, 5) is 12.4. The lowest BCUT2D eigenvalue weighted by molar-refractivity contribution is -0.144. The largest absolute Gasteiger partial charge is 0.480 e. The van der Waals surface area contributed by atoms with Gasteiger partial charge in [-0.3, -0.25) is 9.69 Å². The number of rotatable bonds is 2. The van der Waals surface area contributed by atoms with Crippen molar-refractivity contribution in [3.8, 4) is 6.07 Å². The molecule has 1 fully saturated rings. The van der Waals surface area contributed by atoms with E-state index in [4.69, 9.17) is 15.1 Å². The molecule has 13 heavy (non-hydrogen) atoms. The van der Waals surface area contributed by atoms with Gasteiger partial charge < -0.3 is 9.84 Å². The highest BCUT2D eigenvalue weighted by molar-refractivity contribution is 5.72. The van der Waals surface area contributed by atoms with Gasteiger partial charge in [-0.2, -0.15) is 5.26 Å². The van der Waals surface area contributed by atoms with E-state index in [1.807, 2.05) is 6.07 Å². The summed E-state index contributed by atoms with van der Waals surface area (Å²) in [6.45, 7) is 2.99. The minimum absolute atomic E-state index is 0.379. The molecule has 1 aliphatic heterocycles. The zero-order chi connectivity index (χ0) is 9.84. The topological polar surface area (TPSA) is 73.6 Å². The van der Waals surface area contributed by atoms with Crippen LogP contribution in [0.4, 0.5) is 0 Å². The third kappa shape index (κ3) is 2.41. The summed E-state index contributed by atoms with van der Waals surface area (Å²) in [5.74, 6) is -0.862. The Hall–Kier alpha value is -1.12. The quantitative estimate of drug-likeness (QED) is 0.637. The van der Waals surface area contributed by atoms with Gasteiger partial charge in [0.25, 0.3) is 0 Å². The van der Waals surface area contributed by atoms with Crippen molar-refractivity contribution in [1.82, 2.24) is 4.90 Å². The van der Waals surface area contributed by atoms with Crippen molar-refractivity contribution in [2.45, 2.75) is 19.1 Å². The number of carbonyl (C=O) groups is 1. The van der Waals surface area contributed by atoms with Gasteiger partial charge in [-0.05, 0) is 6.92 Å². The standard InChI is InChI=1S/C8H12N2O3/c1-6(8(11)12)10-2-3-13-7(4-9)5-10/h6-7H,2-3,5H2,1H3,(H,11,12). The van der Waals surface area contributed by atoms with Crippen LogP contribution >= 0.6 is 0 Å². The maximum atomic E-state index is 10.6. The van der Waals surface area contributed by atoms with Gasteiger partial charge in [0, 0.05) is 13.1 Å². The lowest BCUT2D eigenvalue weighted by Gasteiger charge is -2.32. The molecule has 0 spiro atoms. The molecule has 5 nitrogen and oxygen atoms in total. The third-order valence-corrected chi connectivity index (χ3v) is 2.15. The number of morpholine rings is 1. The molecule has 1 heterocycles. The number of nitriles is 1. The Bertz CT molecular complexity index is 236. The number of carboxylic acid groups (broad SMARTS) is 1. The summed E-state index contributed by atoms with van der Waals surface area (Å²) in [7, 11) is 0. The molecule has 5 heteroatoms. The molecule has 1 aliphatic rings. The van der Waals surface area contributed by atoms with Crippen molar-refractivity contribution in [3.05, 3.63) is 0 Å². The second-order valence-electron chi connectivity index (χ2n) is 3.00. The maximum absolute atomic E-state index is 10.6. The lowest BCUT2D eigenvalue weighted by Crippen LogP contribution is -2.49. The summed E-state index contributed by atoms with van der Waals surface area (Å²) in [6.07, 6.45) is -0.490. The van der Waals surface area contributed by atoms with Crippen LogP contribution < -0.4 is 0 Å². The average Bonchev–Trinajstić information content (AvgIpc) is 2.16. The Kier molecular flexibility index (Phi) is 3.23. The van der Waals surface area contributed by atoms with Crippen molar-refractivity contribution in [1.29, 1.82) is 5.26 Å². The van der Waals surface area contributed by atoms with Crippen LogP contribution in [0.3, 0.4) is 0 Å². The molecule has 0 radical (unpaired) electrons. The summed E-state index contributed by atoms with van der Waals surface area (Å²) < 4.78 is 5.09. The van der Waals surface area contributed by atoms with Gasteiger partial charge in [0.1, 0.15) is 6.04 Å². The fourth-order valence-electron chi connectivity index (χ4n) is 1.26. The second kappa shape index (κ2) is 4.21. The molecule has 0 aromatic heterocycles. The van der Waals surface area contributed by atoms with Crippen LogP contribution in [-0.4, -0.2) is 47.8 Å². The molecule has 2 unspecified atom stereocenters. The average molecular weight is 184 g/mol. The van der Waals surface area contributed by atoms with Gasteiger partial charge in [-0.15, -0.1) is 0 Å². The Labute approximate surface area is 76.5 Å². The van der Waals surface area contributed by atoms with Crippen LogP contribution in [0.25, 0.3) is 0 Å². The molecule has 72 valence electrons. The fraction of sp³-hybridized carbons (Fsp3) is 0.750. The van der Waals surface area contributed by atoms with E-state index in [1.54, 1.807) is 11.8 Å². The first kappa shape index (κ1) is 9.96. The smallest absolute Gasteiger partial charge is 0.320 e. The minimum Gasteiger partial charge on any atom is -0.480 e. The molecular weight excluding hydrogens is 172 g/mol. The van der Waals surface area contributed by atoms with Crippen LogP contribution in [0.15, 0.2) is 0 Å². The van der Waals surface area contributed by atoms with Crippen LogP contribution in [-0.2, 0) is 9.53 Å². The Balaban J connectivity index is 2.52. The Morgan fingerprint density at radius 2 is 2.54 bits per heavy atom. The van der Waals surface area contributed by atoms with E-state index in [9.17, 15) is 4.79 Å². The molecule has 1 rings (SSSR count). The SMILES string of the molecule is CC(C(=O)O)N1CCOC(C#N)C1. The van der Waals surface area contributed by atoms with E-state index in [2.05, 4.69) is 0 Å². The highest BCUT2D eigenvalue weighted by Gasteiger charge is 2.27. The van der Waals surface area contributed by atoms with E-state index in [0.717, 1.165) is 0 Å². The first-order valence-corrected chi connectivity index (χ1v) is 4.13. The fourth-order valence-corrected chi connectivity index (χ4v) is 1.26. The Morgan fingerprint density at radius 3 is 3.08 bits per heavy atom. The first-order valence-electron chi connectivity index (χ1n) is 4.13. The normalized spacial score (nSPS) is 26.3. The van der Waals surface area contributed by atoms with Gasteiger partial charge in [0.2, 0.25) is 0 Å². The van der Waals surface area contributed by atoms with Gasteiger partial charge in [0.15, 0.2) is 6.10 Å². The molecule has 0 aliphatic carbocycles. The highest BCUT2D eigenvalue weighted by atomic mass is 16.5. The van der Waals surface area contributed by atoms with E-state index in [-0.39, 0.29) is 0 Å². The van der Waals surface area contributed by atoms with Gasteiger partial charge in [0.05, 0.1) is 12.7 Å². The van der Waals surface area contributed by atoms with Gasteiger partial charge in [-0.25, -0.2) is 0 Å². The Morgan fingerprint density at radius 1 is 1.85 bits per heavy atom. The lowest BCUT2D eigenvalue weighted by atomic mass is 10.2. The summed E-state index contributed by atoms with van der Waals surface area (Å²) >= 11 is 0. The van der Waals surface area contributed by atoms with Crippen LogP contribution in [0.2, 0.25) is 0 Å². The summed E-state index contributed by atoms with van der Waals surface area (Å²) in [5, 5.41) is 17.3. The monoisotopic (exact) mass is 184 g/mol. The van der Waals surface area contributed by atoms with Gasteiger partial charge in [-0.1, -0.05) is 0 Å². The molecular formula is C8H12N2O3. The summed E-state index contributed by atoms with van der Waals surface area (Å²) in [5.41, 5.74) is 0. The minimum atomic E-state index is -0.862. The van der Waals surface area contributed by atoms with Crippen molar-refractivity contribution in [3.63, 3.8) is 0 Å². The third-order valence-electron chi connectivity index (χ3n) is 2.15. The molecule has 1 saturated heterocycles. The molecule has 2 atom stereocenters. The first-order chi connectivity index (χ1) is 6.15. The van der Waals surface area contributed by atoms with Crippen LogP contribution in [0.1, 0.15) is 6.92 Å². The number of ether oxygens (including phenoxy) is 1. The van der Waals surface area contributed by atoms with E-state index in [0.29, 0.717) is 19.7 Å². The number of hydrogen-bond donors (Lipinski definition) is 1.